The lowest BCUT2D eigenvalue weighted by Crippen LogP contribution is -1.87. The molecule has 2 heteroatoms. The Morgan fingerprint density at radius 1 is 0.640 bits per heavy atom. The van der Waals surface area contributed by atoms with Gasteiger partial charge in [-0.3, -0.25) is 0 Å². The summed E-state index contributed by atoms with van der Waals surface area (Å²) in [6.45, 7) is 0. The van der Waals surface area contributed by atoms with E-state index >= 15 is 0 Å². The quantitative estimate of drug-likeness (QED) is 0.380. The lowest BCUT2D eigenvalue weighted by atomic mass is 10.0. The zero-order valence-corrected chi connectivity index (χ0v) is 13.5. The number of fused-ring (bicyclic) bond motifs is 3. The molecule has 118 valence electrons. The molecule has 5 rings (SSSR count). The Balaban J connectivity index is 1.90. The van der Waals surface area contributed by atoms with Gasteiger partial charge in [0.25, 0.3) is 0 Å². The Bertz CT molecular complexity index is 1170. The maximum Gasteiger partial charge on any atom is 0.161 e. The normalized spacial score (nSPS) is 11.2. The molecule has 0 spiro atoms. The standard InChI is InChI=1S/C23H15NO/c1-3-9-16(10-4-1)19-15-20(17-11-5-2-6-12-17)24-22-18-13-7-8-14-21(18)25-23(19)22/h1-15H. The van der Waals surface area contributed by atoms with Crippen LogP contribution in [0.1, 0.15) is 0 Å². The third-order valence-electron chi connectivity index (χ3n) is 4.48. The Hall–Kier alpha value is -3.39. The SMILES string of the molecule is c1ccc(-c2cc(-c3ccccc3)c3oc4ccccc4c3n2)cc1. The van der Waals surface area contributed by atoms with Crippen molar-refractivity contribution in [1.82, 2.24) is 4.98 Å². The molecule has 0 saturated heterocycles. The van der Waals surface area contributed by atoms with Crippen LogP contribution >= 0.6 is 0 Å². The first-order valence-electron chi connectivity index (χ1n) is 8.33. The maximum absolute atomic E-state index is 6.17. The molecule has 0 N–H and O–H groups in total. The summed E-state index contributed by atoms with van der Waals surface area (Å²) < 4.78 is 6.17. The molecule has 2 nitrogen and oxygen atoms in total. The van der Waals surface area contributed by atoms with Gasteiger partial charge in [-0.2, -0.15) is 0 Å². The molecule has 0 radical (unpaired) electrons. The molecular formula is C23H15NO. The summed E-state index contributed by atoms with van der Waals surface area (Å²) >= 11 is 0. The van der Waals surface area contributed by atoms with E-state index < -0.39 is 0 Å². The molecule has 0 fully saturated rings. The zero-order chi connectivity index (χ0) is 16.6. The van der Waals surface area contributed by atoms with Crippen molar-refractivity contribution in [1.29, 1.82) is 0 Å². The van der Waals surface area contributed by atoms with Gasteiger partial charge in [-0.15, -0.1) is 0 Å². The maximum atomic E-state index is 6.17. The topological polar surface area (TPSA) is 26.0 Å². The van der Waals surface area contributed by atoms with Crippen molar-refractivity contribution in [2.24, 2.45) is 0 Å². The van der Waals surface area contributed by atoms with E-state index in [9.17, 15) is 0 Å². The lowest BCUT2D eigenvalue weighted by molar-refractivity contribution is 0.669. The van der Waals surface area contributed by atoms with E-state index in [4.69, 9.17) is 9.40 Å². The molecule has 3 aromatic carbocycles. The second-order valence-corrected chi connectivity index (χ2v) is 6.06. The molecule has 0 unspecified atom stereocenters. The molecule has 25 heavy (non-hydrogen) atoms. The minimum absolute atomic E-state index is 0.840. The van der Waals surface area contributed by atoms with Crippen LogP contribution in [0, 0.1) is 0 Å². The second kappa shape index (κ2) is 5.60. The fourth-order valence-electron chi connectivity index (χ4n) is 3.27. The highest BCUT2D eigenvalue weighted by Crippen LogP contribution is 2.37. The third kappa shape index (κ3) is 2.31. The van der Waals surface area contributed by atoms with Crippen LogP contribution in [0.5, 0.6) is 0 Å². The van der Waals surface area contributed by atoms with Crippen LogP contribution in [-0.2, 0) is 0 Å². The number of hydrogen-bond donors (Lipinski definition) is 0. The Kier molecular flexibility index (Phi) is 3.14. The number of pyridine rings is 1. The van der Waals surface area contributed by atoms with Crippen molar-refractivity contribution in [3.8, 4) is 22.4 Å². The van der Waals surface area contributed by atoms with E-state index in [1.807, 2.05) is 54.6 Å². The Labute approximate surface area is 145 Å². The number of rotatable bonds is 2. The van der Waals surface area contributed by atoms with Gasteiger partial charge in [0.15, 0.2) is 5.58 Å². The van der Waals surface area contributed by atoms with Gasteiger partial charge in [-0.05, 0) is 23.8 Å². The first kappa shape index (κ1) is 14.0. The molecule has 0 aliphatic carbocycles. The third-order valence-corrected chi connectivity index (χ3v) is 4.48. The van der Waals surface area contributed by atoms with E-state index in [0.29, 0.717) is 0 Å². The first-order chi connectivity index (χ1) is 12.4. The van der Waals surface area contributed by atoms with E-state index in [1.54, 1.807) is 0 Å². The molecule has 0 bridgehead atoms. The average molecular weight is 321 g/mol. The molecule has 0 atom stereocenters. The van der Waals surface area contributed by atoms with Crippen molar-refractivity contribution < 1.29 is 4.42 Å². The van der Waals surface area contributed by atoms with Gasteiger partial charge in [0.2, 0.25) is 0 Å². The highest BCUT2D eigenvalue weighted by molar-refractivity contribution is 6.08. The average Bonchev–Trinajstić information content (AvgIpc) is 3.07. The number of aromatic nitrogens is 1. The Morgan fingerprint density at radius 2 is 1.28 bits per heavy atom. The molecule has 0 saturated carbocycles. The zero-order valence-electron chi connectivity index (χ0n) is 13.5. The fourth-order valence-corrected chi connectivity index (χ4v) is 3.27. The summed E-state index contributed by atoms with van der Waals surface area (Å²) in [7, 11) is 0. The van der Waals surface area contributed by atoms with Crippen LogP contribution < -0.4 is 0 Å². The van der Waals surface area contributed by atoms with Crippen molar-refractivity contribution in [2.75, 3.05) is 0 Å². The number of nitrogens with zero attached hydrogens (tertiary/aromatic N) is 1. The van der Waals surface area contributed by atoms with Gasteiger partial charge < -0.3 is 4.42 Å². The fraction of sp³-hybridized carbons (Fsp3) is 0. The summed E-state index contributed by atoms with van der Waals surface area (Å²) in [4.78, 5) is 4.93. The van der Waals surface area contributed by atoms with Gasteiger partial charge in [0.1, 0.15) is 11.1 Å². The van der Waals surface area contributed by atoms with E-state index in [2.05, 4.69) is 36.4 Å². The summed E-state index contributed by atoms with van der Waals surface area (Å²) in [5.74, 6) is 0. The molecule has 0 aliphatic rings. The number of furan rings is 1. The number of hydrogen-bond acceptors (Lipinski definition) is 2. The van der Waals surface area contributed by atoms with Crippen LogP contribution in [0.2, 0.25) is 0 Å². The summed E-state index contributed by atoms with van der Waals surface area (Å²) in [6.07, 6.45) is 0. The summed E-state index contributed by atoms with van der Waals surface area (Å²) in [6, 6.07) is 30.8. The molecule has 2 heterocycles. The van der Waals surface area contributed by atoms with Crippen molar-refractivity contribution in [3.63, 3.8) is 0 Å². The van der Waals surface area contributed by atoms with Crippen molar-refractivity contribution in [2.45, 2.75) is 0 Å². The van der Waals surface area contributed by atoms with Crippen LogP contribution in [0.4, 0.5) is 0 Å². The molecule has 5 aromatic rings. The number of benzene rings is 3. The molecular weight excluding hydrogens is 306 g/mol. The predicted molar refractivity (Wildman–Crippen MR) is 102 cm³/mol. The van der Waals surface area contributed by atoms with E-state index in [-0.39, 0.29) is 0 Å². The van der Waals surface area contributed by atoms with Gasteiger partial charge in [-0.25, -0.2) is 4.98 Å². The smallest absolute Gasteiger partial charge is 0.161 e. The van der Waals surface area contributed by atoms with Crippen molar-refractivity contribution in [3.05, 3.63) is 91.0 Å². The predicted octanol–water partition coefficient (Wildman–Crippen LogP) is 6.32. The van der Waals surface area contributed by atoms with Gasteiger partial charge in [0, 0.05) is 16.5 Å². The minimum atomic E-state index is 0.840. The largest absolute Gasteiger partial charge is 0.454 e. The summed E-state index contributed by atoms with van der Waals surface area (Å²) in [5, 5.41) is 1.05. The highest BCUT2D eigenvalue weighted by Gasteiger charge is 2.15. The van der Waals surface area contributed by atoms with Crippen molar-refractivity contribution >= 4 is 22.1 Å². The van der Waals surface area contributed by atoms with Gasteiger partial charge >= 0.3 is 0 Å². The van der Waals surface area contributed by atoms with E-state index in [0.717, 1.165) is 44.5 Å². The minimum Gasteiger partial charge on any atom is -0.454 e. The Morgan fingerprint density at radius 3 is 2.04 bits per heavy atom. The second-order valence-electron chi connectivity index (χ2n) is 6.06. The van der Waals surface area contributed by atoms with Gasteiger partial charge in [0.05, 0.1) is 5.69 Å². The monoisotopic (exact) mass is 321 g/mol. The van der Waals surface area contributed by atoms with Crippen LogP contribution in [0.25, 0.3) is 44.5 Å². The highest BCUT2D eigenvalue weighted by atomic mass is 16.3. The van der Waals surface area contributed by atoms with E-state index in [1.165, 1.54) is 0 Å². The first-order valence-corrected chi connectivity index (χ1v) is 8.33. The molecule has 0 aliphatic heterocycles. The van der Waals surface area contributed by atoms with Crippen LogP contribution in [0.15, 0.2) is 95.4 Å². The summed E-state index contributed by atoms with van der Waals surface area (Å²) in [5.41, 5.74) is 6.88. The van der Waals surface area contributed by atoms with Crippen LogP contribution in [0.3, 0.4) is 0 Å². The molecule has 2 aromatic heterocycles. The lowest BCUT2D eigenvalue weighted by Gasteiger charge is -2.07. The molecule has 0 amide bonds. The van der Waals surface area contributed by atoms with Gasteiger partial charge in [-0.1, -0.05) is 72.8 Å². The van der Waals surface area contributed by atoms with Crippen LogP contribution in [-0.4, -0.2) is 4.98 Å². The number of para-hydroxylation sites is 1.